The first kappa shape index (κ1) is 15.8. The topological polar surface area (TPSA) is 102 Å². The highest BCUT2D eigenvalue weighted by Gasteiger charge is 2.10. The molecule has 0 saturated carbocycles. The Morgan fingerprint density at radius 2 is 2.21 bits per heavy atom. The highest BCUT2D eigenvalue weighted by atomic mass is 79.9. The van der Waals surface area contributed by atoms with Crippen LogP contribution >= 0.6 is 15.9 Å². The molecular formula is C11H15BrN2O4S. The first-order valence-electron chi connectivity index (χ1n) is 5.41. The number of hydrogen-bond donors (Lipinski definition) is 2. The van der Waals surface area contributed by atoms with E-state index in [-0.39, 0.29) is 18.2 Å². The highest BCUT2D eigenvalue weighted by molar-refractivity contribution is 9.10. The molecule has 0 aliphatic carbocycles. The van der Waals surface area contributed by atoms with Gasteiger partial charge in [-0.3, -0.25) is 0 Å². The van der Waals surface area contributed by atoms with Crippen LogP contribution in [0.1, 0.15) is 12.0 Å². The van der Waals surface area contributed by atoms with Crippen molar-refractivity contribution in [3.05, 3.63) is 28.2 Å². The second-order valence-corrected chi connectivity index (χ2v) is 7.13. The van der Waals surface area contributed by atoms with Crippen LogP contribution in [-0.2, 0) is 9.84 Å². The Balaban J connectivity index is 2.73. The molecule has 8 heteroatoms. The molecule has 0 saturated heterocycles. The number of hydrogen-bond acceptors (Lipinski definition) is 5. The molecule has 0 amide bonds. The predicted octanol–water partition coefficient (Wildman–Crippen LogP) is 1.36. The van der Waals surface area contributed by atoms with Crippen molar-refractivity contribution in [3.63, 3.8) is 0 Å². The van der Waals surface area contributed by atoms with Crippen LogP contribution in [0.3, 0.4) is 0 Å². The molecule has 0 aliphatic heterocycles. The predicted molar refractivity (Wildman–Crippen MR) is 76.5 cm³/mol. The summed E-state index contributed by atoms with van der Waals surface area (Å²) >= 11 is 3.27. The fraction of sp³-hybridized carbons (Fsp3) is 0.364. The zero-order chi connectivity index (χ0) is 14.5. The molecule has 0 heterocycles. The molecule has 106 valence electrons. The van der Waals surface area contributed by atoms with E-state index >= 15 is 0 Å². The zero-order valence-corrected chi connectivity index (χ0v) is 12.7. The number of nitrogens with zero attached hydrogens (tertiary/aromatic N) is 1. The van der Waals surface area contributed by atoms with E-state index in [2.05, 4.69) is 21.1 Å². The van der Waals surface area contributed by atoms with Gasteiger partial charge in [-0.15, -0.1) is 0 Å². The second kappa shape index (κ2) is 6.76. The van der Waals surface area contributed by atoms with Crippen LogP contribution in [0.2, 0.25) is 0 Å². The first-order valence-corrected chi connectivity index (χ1v) is 8.27. The maximum absolute atomic E-state index is 11.0. The van der Waals surface area contributed by atoms with Crippen molar-refractivity contribution in [2.24, 2.45) is 10.9 Å². The lowest BCUT2D eigenvalue weighted by molar-refractivity contribution is 0.311. The molecule has 0 bridgehead atoms. The fourth-order valence-corrected chi connectivity index (χ4v) is 2.39. The first-order chi connectivity index (χ1) is 8.83. The normalized spacial score (nSPS) is 12.4. The Morgan fingerprint density at radius 1 is 1.53 bits per heavy atom. The summed E-state index contributed by atoms with van der Waals surface area (Å²) in [6.07, 6.45) is 1.55. The standard InChI is InChI=1S/C11H15BrN2O4S/c1-19(16,17)6-2-5-18-10-4-3-8(12)7-9(10)11(13)14-15/h3-4,7,15H,2,5-6H2,1H3,(H2,13,14). The van der Waals surface area contributed by atoms with Crippen LogP contribution < -0.4 is 10.5 Å². The summed E-state index contributed by atoms with van der Waals surface area (Å²) in [4.78, 5) is 0. The molecule has 0 aromatic heterocycles. The van der Waals surface area contributed by atoms with Crippen LogP contribution in [0.4, 0.5) is 0 Å². The third-order valence-corrected chi connectivity index (χ3v) is 3.77. The summed E-state index contributed by atoms with van der Waals surface area (Å²) < 4.78 is 28.2. The molecule has 0 radical (unpaired) electrons. The van der Waals surface area contributed by atoms with Gasteiger partial charge < -0.3 is 15.7 Å². The van der Waals surface area contributed by atoms with Crippen LogP contribution in [0.15, 0.2) is 27.8 Å². The van der Waals surface area contributed by atoms with E-state index in [0.717, 1.165) is 4.47 Å². The van der Waals surface area contributed by atoms with E-state index in [1.165, 1.54) is 6.26 Å². The molecular weight excluding hydrogens is 336 g/mol. The number of halogens is 1. The van der Waals surface area contributed by atoms with Gasteiger partial charge in [0.05, 0.1) is 17.9 Å². The fourth-order valence-electron chi connectivity index (χ4n) is 1.39. The summed E-state index contributed by atoms with van der Waals surface area (Å²) in [6.45, 7) is 0.237. The maximum Gasteiger partial charge on any atom is 0.173 e. The third-order valence-electron chi connectivity index (χ3n) is 2.24. The highest BCUT2D eigenvalue weighted by Crippen LogP contribution is 2.23. The van der Waals surface area contributed by atoms with Gasteiger partial charge in [-0.2, -0.15) is 0 Å². The molecule has 1 aromatic carbocycles. The van der Waals surface area contributed by atoms with E-state index in [4.69, 9.17) is 15.7 Å². The minimum absolute atomic E-state index is 0.0580. The molecule has 0 aliphatic rings. The summed E-state index contributed by atoms with van der Waals surface area (Å²) in [5.41, 5.74) is 5.98. The van der Waals surface area contributed by atoms with Crippen molar-refractivity contribution < 1.29 is 18.4 Å². The lowest BCUT2D eigenvalue weighted by atomic mass is 10.2. The van der Waals surface area contributed by atoms with E-state index in [1.54, 1.807) is 18.2 Å². The minimum atomic E-state index is -2.99. The van der Waals surface area contributed by atoms with Gasteiger partial charge >= 0.3 is 0 Å². The summed E-state index contributed by atoms with van der Waals surface area (Å²) in [5, 5.41) is 11.6. The Bertz CT molecular complexity index is 572. The van der Waals surface area contributed by atoms with Gasteiger partial charge in [0, 0.05) is 10.7 Å². The summed E-state index contributed by atoms with van der Waals surface area (Å²) in [6, 6.07) is 5.07. The number of nitrogens with two attached hydrogens (primary N) is 1. The summed E-state index contributed by atoms with van der Waals surface area (Å²) in [7, 11) is -2.99. The third kappa shape index (κ3) is 5.48. The second-order valence-electron chi connectivity index (χ2n) is 3.96. The average molecular weight is 351 g/mol. The van der Waals surface area contributed by atoms with E-state index < -0.39 is 9.84 Å². The Labute approximate surface area is 120 Å². The van der Waals surface area contributed by atoms with E-state index in [1.807, 2.05) is 0 Å². The molecule has 0 fully saturated rings. The van der Waals surface area contributed by atoms with Gasteiger partial charge in [-0.1, -0.05) is 21.1 Å². The van der Waals surface area contributed by atoms with Crippen LogP contribution in [0, 0.1) is 0 Å². The molecule has 1 aromatic rings. The summed E-state index contributed by atoms with van der Waals surface area (Å²) in [5.74, 6) is 0.425. The Hall–Kier alpha value is -1.28. The lowest BCUT2D eigenvalue weighted by Crippen LogP contribution is -2.16. The number of benzene rings is 1. The average Bonchev–Trinajstić information content (AvgIpc) is 2.33. The number of sulfone groups is 1. The minimum Gasteiger partial charge on any atom is -0.493 e. The monoisotopic (exact) mass is 350 g/mol. The number of ether oxygens (including phenoxy) is 1. The van der Waals surface area contributed by atoms with E-state index in [0.29, 0.717) is 17.7 Å². The molecule has 1 rings (SSSR count). The largest absolute Gasteiger partial charge is 0.493 e. The quantitative estimate of drug-likeness (QED) is 0.265. The van der Waals surface area contributed by atoms with Crippen molar-refractivity contribution in [2.75, 3.05) is 18.6 Å². The maximum atomic E-state index is 11.0. The van der Waals surface area contributed by atoms with Gasteiger partial charge in [0.15, 0.2) is 5.84 Å². The molecule has 0 unspecified atom stereocenters. The van der Waals surface area contributed by atoms with Gasteiger partial charge in [0.25, 0.3) is 0 Å². The molecule has 19 heavy (non-hydrogen) atoms. The molecule has 0 atom stereocenters. The Kier molecular flexibility index (Phi) is 5.61. The van der Waals surface area contributed by atoms with Crippen LogP contribution in [0.25, 0.3) is 0 Å². The number of rotatable bonds is 6. The van der Waals surface area contributed by atoms with Gasteiger partial charge in [-0.25, -0.2) is 8.42 Å². The lowest BCUT2D eigenvalue weighted by Gasteiger charge is -2.10. The number of oxime groups is 1. The molecule has 6 nitrogen and oxygen atoms in total. The van der Waals surface area contributed by atoms with Crippen molar-refractivity contribution >= 4 is 31.6 Å². The van der Waals surface area contributed by atoms with Crippen LogP contribution in [0.5, 0.6) is 5.75 Å². The molecule has 0 spiro atoms. The van der Waals surface area contributed by atoms with Crippen molar-refractivity contribution in [2.45, 2.75) is 6.42 Å². The van der Waals surface area contributed by atoms with Gasteiger partial charge in [0.2, 0.25) is 0 Å². The van der Waals surface area contributed by atoms with Crippen molar-refractivity contribution in [1.82, 2.24) is 0 Å². The molecule has 3 N–H and O–H groups in total. The van der Waals surface area contributed by atoms with Gasteiger partial charge in [-0.05, 0) is 24.6 Å². The van der Waals surface area contributed by atoms with Crippen molar-refractivity contribution in [1.29, 1.82) is 0 Å². The SMILES string of the molecule is CS(=O)(=O)CCCOc1ccc(Br)cc1/C(N)=N/O. The Morgan fingerprint density at radius 3 is 2.79 bits per heavy atom. The zero-order valence-electron chi connectivity index (χ0n) is 10.3. The van der Waals surface area contributed by atoms with E-state index in [9.17, 15) is 8.42 Å². The van der Waals surface area contributed by atoms with Crippen molar-refractivity contribution in [3.8, 4) is 5.75 Å². The van der Waals surface area contributed by atoms with Crippen LogP contribution in [-0.4, -0.2) is 38.1 Å². The number of amidine groups is 1. The van der Waals surface area contributed by atoms with Gasteiger partial charge in [0.1, 0.15) is 15.6 Å². The smallest absolute Gasteiger partial charge is 0.173 e.